The third-order valence-electron chi connectivity index (χ3n) is 1.69. The van der Waals surface area contributed by atoms with Crippen molar-refractivity contribution in [3.05, 3.63) is 52.1 Å². The molecule has 0 spiro atoms. The first-order chi connectivity index (χ1) is 5.66. The van der Waals surface area contributed by atoms with Crippen LogP contribution in [0.4, 0.5) is 5.69 Å². The second-order valence-corrected chi connectivity index (χ2v) is 2.38. The first-order valence-electron chi connectivity index (χ1n) is 3.44. The van der Waals surface area contributed by atoms with E-state index in [-0.39, 0.29) is 5.69 Å². The van der Waals surface area contributed by atoms with Gasteiger partial charge in [-0.25, -0.2) is 0 Å². The Kier molecular flexibility index (Phi) is 2.24. The molecular weight excluding hydrogens is 154 g/mol. The van der Waals surface area contributed by atoms with E-state index < -0.39 is 4.92 Å². The van der Waals surface area contributed by atoms with Crippen molar-refractivity contribution < 1.29 is 4.92 Å². The minimum absolute atomic E-state index is 0.114. The molecule has 12 heavy (non-hydrogen) atoms. The molecule has 0 amide bonds. The van der Waals surface area contributed by atoms with E-state index in [2.05, 4.69) is 12.7 Å². The quantitative estimate of drug-likeness (QED) is 0.494. The van der Waals surface area contributed by atoms with Gasteiger partial charge < -0.3 is 0 Å². The zero-order valence-electron chi connectivity index (χ0n) is 6.70. The van der Waals surface area contributed by atoms with E-state index in [1.807, 2.05) is 0 Å². The van der Waals surface area contributed by atoms with E-state index in [4.69, 9.17) is 0 Å². The maximum Gasteiger partial charge on any atom is 0.272 e. The molecule has 3 nitrogen and oxygen atoms in total. The standard InChI is InChI=1S/C9H8NO2/c1-3-8-5-4-6-9(7(8)2)10(11)12/h4-6H,1H2,2H3. The van der Waals surface area contributed by atoms with Crippen molar-refractivity contribution in [1.82, 2.24) is 0 Å². The maximum atomic E-state index is 10.4. The molecule has 1 aromatic rings. The number of nitrogens with zero attached hydrogens (tertiary/aromatic N) is 1. The van der Waals surface area contributed by atoms with Crippen LogP contribution in [0, 0.1) is 23.1 Å². The van der Waals surface area contributed by atoms with Crippen LogP contribution in [0.5, 0.6) is 0 Å². The van der Waals surface area contributed by atoms with Crippen LogP contribution in [0.2, 0.25) is 0 Å². The zero-order valence-corrected chi connectivity index (χ0v) is 6.70. The molecule has 0 saturated heterocycles. The summed E-state index contributed by atoms with van der Waals surface area (Å²) in [5.74, 6) is 0. The van der Waals surface area contributed by atoms with Crippen molar-refractivity contribution in [2.75, 3.05) is 0 Å². The predicted octanol–water partition coefficient (Wildman–Crippen LogP) is 2.24. The summed E-state index contributed by atoms with van der Waals surface area (Å²) in [5.41, 5.74) is 1.41. The summed E-state index contributed by atoms with van der Waals surface area (Å²) in [6.07, 6.45) is 2.64. The molecule has 61 valence electrons. The van der Waals surface area contributed by atoms with E-state index in [0.29, 0.717) is 11.1 Å². The summed E-state index contributed by atoms with van der Waals surface area (Å²) in [6.45, 7) is 5.13. The molecule has 0 N–H and O–H groups in total. The van der Waals surface area contributed by atoms with Crippen LogP contribution in [0.3, 0.4) is 0 Å². The van der Waals surface area contributed by atoms with Crippen LogP contribution < -0.4 is 0 Å². The Morgan fingerprint density at radius 1 is 1.58 bits per heavy atom. The van der Waals surface area contributed by atoms with Crippen LogP contribution in [0.25, 0.3) is 0 Å². The minimum atomic E-state index is -0.407. The highest BCUT2D eigenvalue weighted by Crippen LogP contribution is 2.20. The van der Waals surface area contributed by atoms with Gasteiger partial charge in [0.2, 0.25) is 0 Å². The van der Waals surface area contributed by atoms with E-state index >= 15 is 0 Å². The monoisotopic (exact) mass is 162 g/mol. The third-order valence-corrected chi connectivity index (χ3v) is 1.69. The Balaban J connectivity index is 3.32. The lowest BCUT2D eigenvalue weighted by Gasteiger charge is -1.99. The van der Waals surface area contributed by atoms with Gasteiger partial charge >= 0.3 is 0 Å². The lowest BCUT2D eigenvalue weighted by Crippen LogP contribution is -1.93. The fraction of sp³-hybridized carbons (Fsp3) is 0.111. The normalized spacial score (nSPS) is 9.42. The average Bonchev–Trinajstić information content (AvgIpc) is 2.04. The van der Waals surface area contributed by atoms with E-state index in [9.17, 15) is 10.1 Å². The Bertz CT molecular complexity index is 331. The van der Waals surface area contributed by atoms with Gasteiger partial charge in [0.05, 0.1) is 4.92 Å². The van der Waals surface area contributed by atoms with Crippen molar-refractivity contribution in [3.8, 4) is 0 Å². The Morgan fingerprint density at radius 3 is 2.75 bits per heavy atom. The molecule has 0 aliphatic carbocycles. The second kappa shape index (κ2) is 3.17. The number of benzene rings is 1. The van der Waals surface area contributed by atoms with Crippen molar-refractivity contribution in [2.24, 2.45) is 0 Å². The van der Waals surface area contributed by atoms with Gasteiger partial charge in [-0.2, -0.15) is 0 Å². The molecule has 0 saturated carbocycles. The topological polar surface area (TPSA) is 43.1 Å². The molecule has 0 fully saturated rings. The number of rotatable bonds is 2. The fourth-order valence-corrected chi connectivity index (χ4v) is 1.01. The van der Waals surface area contributed by atoms with Crippen molar-refractivity contribution in [3.63, 3.8) is 0 Å². The first-order valence-corrected chi connectivity index (χ1v) is 3.44. The van der Waals surface area contributed by atoms with Gasteiger partial charge in [0, 0.05) is 11.6 Å². The molecule has 0 unspecified atom stereocenters. The van der Waals surface area contributed by atoms with Crippen molar-refractivity contribution in [1.29, 1.82) is 0 Å². The lowest BCUT2D eigenvalue weighted by atomic mass is 10.1. The number of nitro groups is 1. The molecule has 0 atom stereocenters. The highest BCUT2D eigenvalue weighted by Gasteiger charge is 2.10. The molecule has 0 aliphatic rings. The van der Waals surface area contributed by atoms with Crippen LogP contribution in [-0.2, 0) is 0 Å². The Labute approximate surface area is 70.5 Å². The van der Waals surface area contributed by atoms with Crippen LogP contribution in [0.15, 0.2) is 24.8 Å². The average molecular weight is 162 g/mol. The van der Waals surface area contributed by atoms with Crippen LogP contribution in [0.1, 0.15) is 11.1 Å². The van der Waals surface area contributed by atoms with E-state index in [1.165, 1.54) is 6.07 Å². The Morgan fingerprint density at radius 2 is 2.25 bits per heavy atom. The van der Waals surface area contributed by atoms with Gasteiger partial charge in [-0.15, -0.1) is 0 Å². The SMILES string of the molecule is C=[C]c1cccc([N+](=O)[O-])c1C. The molecule has 1 rings (SSSR count). The summed E-state index contributed by atoms with van der Waals surface area (Å²) in [7, 11) is 0. The third kappa shape index (κ3) is 1.34. The van der Waals surface area contributed by atoms with Gasteiger partial charge in [-0.1, -0.05) is 18.7 Å². The Hall–Kier alpha value is -1.64. The van der Waals surface area contributed by atoms with Crippen molar-refractivity contribution in [2.45, 2.75) is 6.92 Å². The van der Waals surface area contributed by atoms with Gasteiger partial charge in [0.25, 0.3) is 5.69 Å². The molecule has 0 heterocycles. The second-order valence-electron chi connectivity index (χ2n) is 2.38. The highest BCUT2D eigenvalue weighted by molar-refractivity contribution is 5.46. The molecule has 0 aromatic heterocycles. The van der Waals surface area contributed by atoms with E-state index in [1.54, 1.807) is 19.1 Å². The van der Waals surface area contributed by atoms with Crippen LogP contribution >= 0.6 is 0 Å². The molecule has 0 aliphatic heterocycles. The fourth-order valence-electron chi connectivity index (χ4n) is 1.01. The molecule has 1 aromatic carbocycles. The smallest absolute Gasteiger partial charge is 0.258 e. The van der Waals surface area contributed by atoms with Gasteiger partial charge in [-0.3, -0.25) is 10.1 Å². The van der Waals surface area contributed by atoms with Crippen LogP contribution in [-0.4, -0.2) is 4.92 Å². The number of nitro benzene ring substituents is 1. The largest absolute Gasteiger partial charge is 0.272 e. The van der Waals surface area contributed by atoms with Gasteiger partial charge in [0.15, 0.2) is 0 Å². The predicted molar refractivity (Wildman–Crippen MR) is 45.8 cm³/mol. The summed E-state index contributed by atoms with van der Waals surface area (Å²) in [5, 5.41) is 10.4. The summed E-state index contributed by atoms with van der Waals surface area (Å²) in [6, 6.07) is 4.84. The summed E-state index contributed by atoms with van der Waals surface area (Å²) >= 11 is 0. The van der Waals surface area contributed by atoms with Gasteiger partial charge in [0.1, 0.15) is 0 Å². The van der Waals surface area contributed by atoms with Crippen molar-refractivity contribution >= 4 is 5.69 Å². The molecule has 3 heteroatoms. The number of hydrogen-bond acceptors (Lipinski definition) is 2. The molecular formula is C9H8NO2. The molecule has 0 bridgehead atoms. The first kappa shape index (κ1) is 8.46. The molecule has 1 radical (unpaired) electrons. The summed E-state index contributed by atoms with van der Waals surface area (Å²) in [4.78, 5) is 10.0. The lowest BCUT2D eigenvalue weighted by molar-refractivity contribution is -0.385. The highest BCUT2D eigenvalue weighted by atomic mass is 16.6. The minimum Gasteiger partial charge on any atom is -0.258 e. The maximum absolute atomic E-state index is 10.4. The van der Waals surface area contributed by atoms with Gasteiger partial charge in [-0.05, 0) is 18.6 Å². The number of hydrogen-bond donors (Lipinski definition) is 0. The zero-order chi connectivity index (χ0) is 9.14. The summed E-state index contributed by atoms with van der Waals surface area (Å²) < 4.78 is 0. The van der Waals surface area contributed by atoms with E-state index in [0.717, 1.165) is 0 Å².